The Bertz CT molecular complexity index is 462. The van der Waals surface area contributed by atoms with Crippen LogP contribution >= 0.6 is 11.6 Å². The van der Waals surface area contributed by atoms with Crippen LogP contribution < -0.4 is 21.9 Å². The van der Waals surface area contributed by atoms with Crippen LogP contribution in [0.25, 0.3) is 0 Å². The van der Waals surface area contributed by atoms with E-state index in [-0.39, 0.29) is 18.5 Å². The van der Waals surface area contributed by atoms with Crippen molar-refractivity contribution in [3.8, 4) is 0 Å². The van der Waals surface area contributed by atoms with Crippen molar-refractivity contribution in [1.82, 2.24) is 9.97 Å². The van der Waals surface area contributed by atoms with Gasteiger partial charge in [0.05, 0.1) is 12.7 Å². The molecule has 1 aliphatic carbocycles. The molecule has 8 heteroatoms. The van der Waals surface area contributed by atoms with E-state index in [0.717, 1.165) is 25.7 Å². The van der Waals surface area contributed by atoms with Gasteiger partial charge in [-0.2, -0.15) is 4.98 Å². The second-order valence-electron chi connectivity index (χ2n) is 4.54. The second-order valence-corrected chi connectivity index (χ2v) is 4.95. The lowest BCUT2D eigenvalue weighted by Gasteiger charge is -2.29. The number of hydrazine groups is 1. The maximum atomic E-state index is 11.3. The molecule has 5 N–H and O–H groups in total. The molecule has 0 atom stereocenters. The fourth-order valence-corrected chi connectivity index (χ4v) is 2.59. The first-order chi connectivity index (χ1) is 9.11. The number of hydrogen-bond donors (Lipinski definition) is 3. The first-order valence-electron chi connectivity index (χ1n) is 6.16. The Kier molecular flexibility index (Phi) is 4.39. The van der Waals surface area contributed by atoms with Crippen molar-refractivity contribution in [3.05, 3.63) is 11.2 Å². The van der Waals surface area contributed by atoms with Crippen molar-refractivity contribution in [2.45, 2.75) is 31.7 Å². The van der Waals surface area contributed by atoms with Crippen molar-refractivity contribution in [3.63, 3.8) is 0 Å². The molecular weight excluding hydrogens is 268 g/mol. The van der Waals surface area contributed by atoms with E-state index < -0.39 is 5.91 Å². The van der Waals surface area contributed by atoms with Crippen molar-refractivity contribution >= 4 is 29.3 Å². The summed E-state index contributed by atoms with van der Waals surface area (Å²) in [5.41, 5.74) is 7.68. The first-order valence-corrected chi connectivity index (χ1v) is 6.53. The minimum absolute atomic E-state index is 0.0887. The molecule has 104 valence electrons. The molecule has 1 aromatic rings. The summed E-state index contributed by atoms with van der Waals surface area (Å²) < 4.78 is 0. The Morgan fingerprint density at radius 1 is 1.53 bits per heavy atom. The summed E-state index contributed by atoms with van der Waals surface area (Å²) in [4.78, 5) is 21.3. The highest BCUT2D eigenvalue weighted by molar-refractivity contribution is 6.32. The normalized spacial score (nSPS) is 15.5. The molecule has 0 bridgehead atoms. The van der Waals surface area contributed by atoms with Gasteiger partial charge >= 0.3 is 0 Å². The molecule has 0 unspecified atom stereocenters. The van der Waals surface area contributed by atoms with Gasteiger partial charge in [0.25, 0.3) is 0 Å². The van der Waals surface area contributed by atoms with Gasteiger partial charge in [0, 0.05) is 6.04 Å². The smallest absolute Gasteiger partial charge is 0.239 e. The number of nitrogens with zero attached hydrogens (tertiary/aromatic N) is 3. The molecule has 1 aliphatic rings. The van der Waals surface area contributed by atoms with Crippen LogP contribution in [0.1, 0.15) is 25.7 Å². The van der Waals surface area contributed by atoms with Crippen LogP contribution in [0.3, 0.4) is 0 Å². The van der Waals surface area contributed by atoms with Crippen molar-refractivity contribution in [1.29, 1.82) is 0 Å². The van der Waals surface area contributed by atoms with Crippen LogP contribution in [-0.4, -0.2) is 28.5 Å². The van der Waals surface area contributed by atoms with E-state index in [9.17, 15) is 4.79 Å². The zero-order chi connectivity index (χ0) is 13.8. The van der Waals surface area contributed by atoms with Gasteiger partial charge in [-0.05, 0) is 12.8 Å². The van der Waals surface area contributed by atoms with E-state index >= 15 is 0 Å². The zero-order valence-corrected chi connectivity index (χ0v) is 11.2. The summed E-state index contributed by atoms with van der Waals surface area (Å²) in [6.07, 6.45) is 5.72. The third-order valence-corrected chi connectivity index (χ3v) is 3.49. The Balaban J connectivity index is 2.33. The van der Waals surface area contributed by atoms with Crippen molar-refractivity contribution in [2.75, 3.05) is 16.9 Å². The Morgan fingerprint density at radius 3 is 2.79 bits per heavy atom. The number of nitrogen functional groups attached to an aromatic ring is 1. The zero-order valence-electron chi connectivity index (χ0n) is 10.5. The number of hydrogen-bond acceptors (Lipinski definition) is 6. The molecule has 1 heterocycles. The largest absolute Gasteiger partial charge is 0.368 e. The fourth-order valence-electron chi connectivity index (χ4n) is 2.39. The van der Waals surface area contributed by atoms with Crippen LogP contribution in [0.15, 0.2) is 6.20 Å². The molecule has 1 fully saturated rings. The van der Waals surface area contributed by atoms with E-state index in [2.05, 4.69) is 15.4 Å². The van der Waals surface area contributed by atoms with Crippen LogP contribution in [0, 0.1) is 0 Å². The lowest BCUT2D eigenvalue weighted by molar-refractivity contribution is -0.116. The van der Waals surface area contributed by atoms with Crippen molar-refractivity contribution in [2.24, 2.45) is 11.6 Å². The number of amides is 1. The molecule has 1 saturated carbocycles. The highest BCUT2D eigenvalue weighted by atomic mass is 35.5. The molecule has 0 aromatic carbocycles. The summed E-state index contributed by atoms with van der Waals surface area (Å²) in [5.74, 6) is 5.63. The van der Waals surface area contributed by atoms with E-state index in [0.29, 0.717) is 10.8 Å². The maximum absolute atomic E-state index is 11.3. The van der Waals surface area contributed by atoms with E-state index in [1.807, 2.05) is 4.90 Å². The number of rotatable bonds is 5. The summed E-state index contributed by atoms with van der Waals surface area (Å²) in [6, 6.07) is 0.227. The number of anilines is 2. The highest BCUT2D eigenvalue weighted by Crippen LogP contribution is 2.31. The van der Waals surface area contributed by atoms with Crippen LogP contribution in [0.2, 0.25) is 5.02 Å². The fraction of sp³-hybridized carbons (Fsp3) is 0.545. The minimum Gasteiger partial charge on any atom is -0.368 e. The van der Waals surface area contributed by atoms with Crippen LogP contribution in [-0.2, 0) is 4.79 Å². The standard InChI is InChI=1S/C11H17ClN6O/c12-8-5-15-11(17-14)16-10(8)18(6-9(13)19)7-3-1-2-4-7/h5,7H,1-4,6,14H2,(H2,13,19)(H,15,16,17). The predicted molar refractivity (Wildman–Crippen MR) is 73.6 cm³/mol. The van der Waals surface area contributed by atoms with Gasteiger partial charge in [-0.25, -0.2) is 10.8 Å². The number of nitrogens with two attached hydrogens (primary N) is 2. The number of primary amides is 1. The summed E-state index contributed by atoms with van der Waals surface area (Å²) in [5, 5.41) is 0.382. The molecule has 2 rings (SSSR count). The van der Waals surface area contributed by atoms with Gasteiger partial charge in [-0.1, -0.05) is 24.4 Å². The topological polar surface area (TPSA) is 110 Å². The third kappa shape index (κ3) is 3.24. The number of nitrogens with one attached hydrogen (secondary N) is 1. The quantitative estimate of drug-likeness (QED) is 0.541. The maximum Gasteiger partial charge on any atom is 0.239 e. The molecule has 0 saturated heterocycles. The van der Waals surface area contributed by atoms with E-state index in [1.165, 1.54) is 6.20 Å². The Hall–Kier alpha value is -1.60. The van der Waals surface area contributed by atoms with Gasteiger partial charge in [-0.15, -0.1) is 0 Å². The van der Waals surface area contributed by atoms with Gasteiger partial charge in [-0.3, -0.25) is 10.2 Å². The number of halogens is 1. The lowest BCUT2D eigenvalue weighted by Crippen LogP contribution is -2.41. The molecule has 7 nitrogen and oxygen atoms in total. The number of carbonyl (C=O) groups excluding carboxylic acids is 1. The average Bonchev–Trinajstić information content (AvgIpc) is 2.90. The van der Waals surface area contributed by atoms with Crippen LogP contribution in [0.4, 0.5) is 11.8 Å². The molecular formula is C11H17ClN6O. The van der Waals surface area contributed by atoms with Crippen molar-refractivity contribution < 1.29 is 4.79 Å². The predicted octanol–water partition coefficient (Wildman–Crippen LogP) is 0.650. The van der Waals surface area contributed by atoms with Gasteiger partial charge in [0.15, 0.2) is 5.82 Å². The SMILES string of the molecule is NNc1ncc(Cl)c(N(CC(N)=O)C2CCCC2)n1. The van der Waals surface area contributed by atoms with Gasteiger partial charge < -0.3 is 10.6 Å². The molecule has 19 heavy (non-hydrogen) atoms. The minimum atomic E-state index is -0.413. The Labute approximate surface area is 116 Å². The van der Waals surface area contributed by atoms with Gasteiger partial charge in [0.1, 0.15) is 5.02 Å². The molecule has 0 spiro atoms. The number of carbonyl (C=O) groups is 1. The van der Waals surface area contributed by atoms with Crippen LogP contribution in [0.5, 0.6) is 0 Å². The third-order valence-electron chi connectivity index (χ3n) is 3.22. The second kappa shape index (κ2) is 6.03. The molecule has 0 aliphatic heterocycles. The van der Waals surface area contributed by atoms with Gasteiger partial charge in [0.2, 0.25) is 11.9 Å². The Morgan fingerprint density at radius 2 is 2.21 bits per heavy atom. The summed E-state index contributed by atoms with van der Waals surface area (Å²) in [6.45, 7) is 0.0887. The molecule has 1 aromatic heterocycles. The van der Waals surface area contributed by atoms with E-state index in [1.54, 1.807) is 0 Å². The first kappa shape index (κ1) is 13.8. The number of aromatic nitrogens is 2. The highest BCUT2D eigenvalue weighted by Gasteiger charge is 2.27. The lowest BCUT2D eigenvalue weighted by atomic mass is 10.2. The molecule has 1 amide bonds. The van der Waals surface area contributed by atoms with E-state index in [4.69, 9.17) is 23.2 Å². The monoisotopic (exact) mass is 284 g/mol. The summed E-state index contributed by atoms with van der Waals surface area (Å²) in [7, 11) is 0. The average molecular weight is 285 g/mol. The molecule has 0 radical (unpaired) electrons. The summed E-state index contributed by atoms with van der Waals surface area (Å²) >= 11 is 6.12.